The number of imidazole rings is 1. The molecule has 118 valence electrons. The third-order valence-electron chi connectivity index (χ3n) is 4.07. The summed E-state index contributed by atoms with van der Waals surface area (Å²) in [6.07, 6.45) is 3.64. The molecule has 0 aliphatic rings. The summed E-state index contributed by atoms with van der Waals surface area (Å²) >= 11 is 0. The first kappa shape index (κ1) is 15.3. The Kier molecular flexibility index (Phi) is 4.42. The van der Waals surface area contributed by atoms with E-state index >= 15 is 0 Å². The summed E-state index contributed by atoms with van der Waals surface area (Å²) < 4.78 is 1.94. The number of aromatic nitrogens is 2. The highest BCUT2D eigenvalue weighted by Crippen LogP contribution is 2.14. The number of carbonyl (C=O) groups excluding carboxylic acids is 1. The van der Waals surface area contributed by atoms with Crippen molar-refractivity contribution < 1.29 is 4.79 Å². The van der Waals surface area contributed by atoms with Gasteiger partial charge in [0, 0.05) is 18.7 Å². The van der Waals surface area contributed by atoms with E-state index < -0.39 is 0 Å². The van der Waals surface area contributed by atoms with Gasteiger partial charge in [0.1, 0.15) is 0 Å². The molecule has 4 heteroatoms. The van der Waals surface area contributed by atoms with Crippen molar-refractivity contribution in [2.24, 2.45) is 7.05 Å². The van der Waals surface area contributed by atoms with Crippen LogP contribution in [0.4, 0.5) is 0 Å². The van der Waals surface area contributed by atoms with Gasteiger partial charge in [0.05, 0.1) is 17.4 Å². The van der Waals surface area contributed by atoms with Gasteiger partial charge in [-0.25, -0.2) is 4.98 Å². The lowest BCUT2D eigenvalue weighted by Crippen LogP contribution is -2.32. The van der Waals surface area contributed by atoms with Crippen molar-refractivity contribution in [1.82, 2.24) is 14.9 Å². The van der Waals surface area contributed by atoms with Crippen LogP contribution in [0.5, 0.6) is 0 Å². The first-order chi connectivity index (χ1) is 11.1. The average molecular weight is 307 g/mol. The molecule has 0 spiro atoms. The van der Waals surface area contributed by atoms with E-state index in [1.165, 1.54) is 5.56 Å². The summed E-state index contributed by atoms with van der Waals surface area (Å²) in [6.45, 7) is 2.04. The minimum absolute atomic E-state index is 0.0434. The second-order valence-corrected chi connectivity index (χ2v) is 5.96. The average Bonchev–Trinajstić information content (AvgIpc) is 2.94. The Balaban J connectivity index is 1.60. The van der Waals surface area contributed by atoms with Gasteiger partial charge in [-0.1, -0.05) is 30.3 Å². The number of carbonyl (C=O) groups is 1. The quantitative estimate of drug-likeness (QED) is 0.786. The molecule has 23 heavy (non-hydrogen) atoms. The van der Waals surface area contributed by atoms with E-state index in [1.54, 1.807) is 6.33 Å². The molecule has 1 heterocycles. The van der Waals surface area contributed by atoms with Gasteiger partial charge in [-0.05, 0) is 43.5 Å². The SMILES string of the molecule is C[C@@H](CCc1ccccc1)NC(=O)c1ccc2c(c1)ncn2C. The molecule has 1 N–H and O–H groups in total. The Morgan fingerprint density at radius 3 is 2.78 bits per heavy atom. The lowest BCUT2D eigenvalue weighted by Gasteiger charge is -2.14. The van der Waals surface area contributed by atoms with Crippen molar-refractivity contribution in [3.05, 3.63) is 66.0 Å². The van der Waals surface area contributed by atoms with E-state index in [9.17, 15) is 4.79 Å². The molecule has 0 fully saturated rings. The highest BCUT2D eigenvalue weighted by molar-refractivity contribution is 5.97. The van der Waals surface area contributed by atoms with Crippen LogP contribution in [0.1, 0.15) is 29.3 Å². The molecule has 0 radical (unpaired) electrons. The van der Waals surface area contributed by atoms with E-state index in [4.69, 9.17) is 0 Å². The van der Waals surface area contributed by atoms with E-state index in [-0.39, 0.29) is 11.9 Å². The predicted molar refractivity (Wildman–Crippen MR) is 92.4 cm³/mol. The molecule has 2 aromatic carbocycles. The molecule has 0 aliphatic heterocycles. The summed E-state index contributed by atoms with van der Waals surface area (Å²) in [5.41, 5.74) is 3.82. The zero-order chi connectivity index (χ0) is 16.2. The van der Waals surface area contributed by atoms with Crippen molar-refractivity contribution in [3.8, 4) is 0 Å². The zero-order valence-electron chi connectivity index (χ0n) is 13.5. The maximum Gasteiger partial charge on any atom is 0.251 e. The van der Waals surface area contributed by atoms with Gasteiger partial charge in [0.2, 0.25) is 0 Å². The molecule has 0 aliphatic carbocycles. The van der Waals surface area contributed by atoms with Gasteiger partial charge in [0.25, 0.3) is 5.91 Å². The summed E-state index contributed by atoms with van der Waals surface area (Å²) in [4.78, 5) is 16.7. The molecule has 1 atom stereocenters. The van der Waals surface area contributed by atoms with Gasteiger partial charge in [-0.15, -0.1) is 0 Å². The fraction of sp³-hybridized carbons (Fsp3) is 0.263. The fourth-order valence-corrected chi connectivity index (χ4v) is 2.68. The molecule has 1 aromatic heterocycles. The number of rotatable bonds is 5. The zero-order valence-corrected chi connectivity index (χ0v) is 13.5. The molecular weight excluding hydrogens is 286 g/mol. The first-order valence-corrected chi connectivity index (χ1v) is 7.89. The number of aryl methyl sites for hydroxylation is 2. The molecule has 3 rings (SSSR count). The van der Waals surface area contributed by atoms with Gasteiger partial charge < -0.3 is 9.88 Å². The molecular formula is C19H21N3O. The van der Waals surface area contributed by atoms with Crippen LogP contribution in [0.25, 0.3) is 11.0 Å². The van der Waals surface area contributed by atoms with E-state index in [2.05, 4.69) is 22.4 Å². The summed E-state index contributed by atoms with van der Waals surface area (Å²) in [6, 6.07) is 16.1. The van der Waals surface area contributed by atoms with Crippen molar-refractivity contribution in [2.45, 2.75) is 25.8 Å². The summed E-state index contributed by atoms with van der Waals surface area (Å²) in [7, 11) is 1.95. The number of nitrogens with zero attached hydrogens (tertiary/aromatic N) is 2. The second kappa shape index (κ2) is 6.65. The smallest absolute Gasteiger partial charge is 0.251 e. The number of nitrogens with one attached hydrogen (secondary N) is 1. The van der Waals surface area contributed by atoms with Crippen LogP contribution in [-0.4, -0.2) is 21.5 Å². The Labute approximate surface area is 136 Å². The van der Waals surface area contributed by atoms with Crippen LogP contribution < -0.4 is 5.32 Å². The van der Waals surface area contributed by atoms with Crippen LogP contribution in [0.15, 0.2) is 54.9 Å². The van der Waals surface area contributed by atoms with E-state index in [0.717, 1.165) is 23.9 Å². The van der Waals surface area contributed by atoms with Crippen molar-refractivity contribution in [2.75, 3.05) is 0 Å². The van der Waals surface area contributed by atoms with Crippen LogP contribution in [0.2, 0.25) is 0 Å². The van der Waals surface area contributed by atoms with Crippen LogP contribution in [-0.2, 0) is 13.5 Å². The molecule has 0 saturated carbocycles. The summed E-state index contributed by atoms with van der Waals surface area (Å²) in [5.74, 6) is -0.0434. The first-order valence-electron chi connectivity index (χ1n) is 7.89. The standard InChI is InChI=1S/C19H21N3O/c1-14(8-9-15-6-4-3-5-7-15)21-19(23)16-10-11-18-17(12-16)20-13-22(18)2/h3-7,10-14H,8-9H2,1-2H3,(H,21,23)/t14-/m0/s1. The molecule has 1 amide bonds. The van der Waals surface area contributed by atoms with Gasteiger partial charge in [-0.2, -0.15) is 0 Å². The van der Waals surface area contributed by atoms with Gasteiger partial charge in [0.15, 0.2) is 0 Å². The predicted octanol–water partition coefficient (Wildman–Crippen LogP) is 3.32. The van der Waals surface area contributed by atoms with Crippen LogP contribution >= 0.6 is 0 Å². The maximum atomic E-state index is 12.4. The van der Waals surface area contributed by atoms with Crippen molar-refractivity contribution in [3.63, 3.8) is 0 Å². The monoisotopic (exact) mass is 307 g/mol. The number of hydrogen-bond acceptors (Lipinski definition) is 2. The lowest BCUT2D eigenvalue weighted by molar-refractivity contribution is 0.0938. The number of amides is 1. The maximum absolute atomic E-state index is 12.4. The molecule has 0 unspecified atom stereocenters. The third kappa shape index (κ3) is 3.59. The second-order valence-electron chi connectivity index (χ2n) is 5.96. The van der Waals surface area contributed by atoms with E-state index in [1.807, 2.05) is 54.9 Å². The van der Waals surface area contributed by atoms with Gasteiger partial charge in [-0.3, -0.25) is 4.79 Å². The Bertz CT molecular complexity index is 808. The Morgan fingerprint density at radius 1 is 1.22 bits per heavy atom. The highest BCUT2D eigenvalue weighted by Gasteiger charge is 2.11. The largest absolute Gasteiger partial charge is 0.350 e. The minimum atomic E-state index is -0.0434. The number of benzene rings is 2. The van der Waals surface area contributed by atoms with E-state index in [0.29, 0.717) is 5.56 Å². The van der Waals surface area contributed by atoms with Crippen LogP contribution in [0, 0.1) is 0 Å². The molecule has 3 aromatic rings. The van der Waals surface area contributed by atoms with Gasteiger partial charge >= 0.3 is 0 Å². The fourth-order valence-electron chi connectivity index (χ4n) is 2.68. The Morgan fingerprint density at radius 2 is 2.00 bits per heavy atom. The normalized spacial score (nSPS) is 12.3. The molecule has 0 bridgehead atoms. The highest BCUT2D eigenvalue weighted by atomic mass is 16.1. The van der Waals surface area contributed by atoms with Crippen molar-refractivity contribution >= 4 is 16.9 Å². The number of fused-ring (bicyclic) bond motifs is 1. The van der Waals surface area contributed by atoms with Crippen molar-refractivity contribution in [1.29, 1.82) is 0 Å². The summed E-state index contributed by atoms with van der Waals surface area (Å²) in [5, 5.41) is 3.06. The number of hydrogen-bond donors (Lipinski definition) is 1. The van der Waals surface area contributed by atoms with Crippen LogP contribution in [0.3, 0.4) is 0 Å². The topological polar surface area (TPSA) is 46.9 Å². The molecule has 4 nitrogen and oxygen atoms in total. The Hall–Kier alpha value is -2.62. The third-order valence-corrected chi connectivity index (χ3v) is 4.07. The molecule has 0 saturated heterocycles. The minimum Gasteiger partial charge on any atom is -0.350 e. The lowest BCUT2D eigenvalue weighted by atomic mass is 10.1.